The van der Waals surface area contributed by atoms with E-state index in [1.54, 1.807) is 0 Å². The van der Waals surface area contributed by atoms with Gasteiger partial charge in [-0.15, -0.1) is 0 Å². The topological polar surface area (TPSA) is 25.8 Å². The van der Waals surface area contributed by atoms with Gasteiger partial charge in [-0.3, -0.25) is 0 Å². The first-order valence-electron chi connectivity index (χ1n) is 10.9. The van der Waals surface area contributed by atoms with Gasteiger partial charge in [0.05, 0.1) is 0 Å². The van der Waals surface area contributed by atoms with E-state index in [9.17, 15) is 0 Å². The molecule has 4 saturated carbocycles. The van der Waals surface area contributed by atoms with Crippen LogP contribution < -0.4 is 0 Å². The summed E-state index contributed by atoms with van der Waals surface area (Å²) in [5, 5.41) is 0. The lowest BCUT2D eigenvalue weighted by atomic mass is 9.45. The van der Waals surface area contributed by atoms with E-state index in [1.165, 1.54) is 64.2 Å². The highest BCUT2D eigenvalue weighted by atomic mass is 14.9. The van der Waals surface area contributed by atoms with Crippen LogP contribution in [-0.4, -0.2) is 9.97 Å². The summed E-state index contributed by atoms with van der Waals surface area (Å²) in [5.74, 6) is 5.65. The zero-order chi connectivity index (χ0) is 17.1. The molecule has 0 bridgehead atoms. The van der Waals surface area contributed by atoms with Crippen LogP contribution in [-0.2, 0) is 0 Å². The van der Waals surface area contributed by atoms with Crippen LogP contribution in [0.2, 0.25) is 0 Å². The minimum absolute atomic E-state index is 0.445. The van der Waals surface area contributed by atoms with Crippen molar-refractivity contribution in [1.82, 2.24) is 9.97 Å². The molecule has 136 valence electrons. The Bertz CT molecular complexity index is 628. The molecule has 1 aromatic rings. The number of hydrogen-bond acceptors (Lipinski definition) is 2. The lowest BCUT2D eigenvalue weighted by Crippen LogP contribution is -2.52. The van der Waals surface area contributed by atoms with Gasteiger partial charge in [0.1, 0.15) is 5.82 Å². The van der Waals surface area contributed by atoms with E-state index >= 15 is 0 Å². The van der Waals surface area contributed by atoms with Crippen LogP contribution >= 0.6 is 0 Å². The Morgan fingerprint density at radius 1 is 0.800 bits per heavy atom. The van der Waals surface area contributed by atoms with Crippen LogP contribution in [0.3, 0.4) is 0 Å². The second-order valence-corrected chi connectivity index (χ2v) is 10.2. The molecular weight excluding hydrogens is 304 g/mol. The van der Waals surface area contributed by atoms with Crippen molar-refractivity contribution in [3.63, 3.8) is 0 Å². The van der Waals surface area contributed by atoms with Gasteiger partial charge < -0.3 is 0 Å². The number of fused-ring (bicyclic) bond motifs is 5. The van der Waals surface area contributed by atoms with Gasteiger partial charge in [0, 0.05) is 18.3 Å². The van der Waals surface area contributed by atoms with E-state index in [4.69, 9.17) is 0 Å². The summed E-state index contributed by atoms with van der Waals surface area (Å²) in [6.45, 7) is 5.28. The molecule has 0 spiro atoms. The molecule has 7 atom stereocenters. The Morgan fingerprint density at radius 2 is 1.60 bits per heavy atom. The minimum atomic E-state index is 0.445. The minimum Gasteiger partial charge on any atom is -0.241 e. The summed E-state index contributed by atoms with van der Waals surface area (Å²) >= 11 is 0. The van der Waals surface area contributed by atoms with E-state index in [0.717, 1.165) is 29.5 Å². The maximum Gasteiger partial charge on any atom is 0.131 e. The first kappa shape index (κ1) is 16.3. The van der Waals surface area contributed by atoms with Crippen molar-refractivity contribution in [3.8, 4) is 0 Å². The summed E-state index contributed by atoms with van der Waals surface area (Å²) in [7, 11) is 0. The van der Waals surface area contributed by atoms with Gasteiger partial charge in [-0.05, 0) is 91.9 Å². The summed E-state index contributed by atoms with van der Waals surface area (Å²) in [5.41, 5.74) is 1.10. The van der Waals surface area contributed by atoms with Gasteiger partial charge in [0.15, 0.2) is 0 Å². The Morgan fingerprint density at radius 3 is 2.44 bits per heavy atom. The Kier molecular flexibility index (Phi) is 3.77. The lowest BCUT2D eigenvalue weighted by Gasteiger charge is -2.60. The average Bonchev–Trinajstić information content (AvgIpc) is 2.99. The fourth-order valence-electron chi connectivity index (χ4n) is 8.21. The zero-order valence-corrected chi connectivity index (χ0v) is 16.1. The van der Waals surface area contributed by atoms with Crippen LogP contribution in [0.15, 0.2) is 18.5 Å². The molecule has 5 rings (SSSR count). The Balaban J connectivity index is 1.45. The summed E-state index contributed by atoms with van der Waals surface area (Å²) in [4.78, 5) is 9.34. The molecule has 1 heterocycles. The van der Waals surface area contributed by atoms with Crippen LogP contribution in [0, 0.1) is 34.5 Å². The number of hydrogen-bond donors (Lipinski definition) is 0. The second kappa shape index (κ2) is 5.79. The summed E-state index contributed by atoms with van der Waals surface area (Å²) in [6, 6.07) is 1.96. The third kappa shape index (κ3) is 2.28. The van der Waals surface area contributed by atoms with Crippen molar-refractivity contribution in [1.29, 1.82) is 0 Å². The third-order valence-electron chi connectivity index (χ3n) is 9.48. The summed E-state index contributed by atoms with van der Waals surface area (Å²) < 4.78 is 0. The molecule has 4 aliphatic carbocycles. The van der Waals surface area contributed by atoms with Crippen LogP contribution in [0.25, 0.3) is 0 Å². The molecule has 0 radical (unpaired) electrons. The van der Waals surface area contributed by atoms with E-state index in [-0.39, 0.29) is 0 Å². The highest BCUT2D eigenvalue weighted by Crippen LogP contribution is 2.68. The third-order valence-corrected chi connectivity index (χ3v) is 9.48. The van der Waals surface area contributed by atoms with Gasteiger partial charge >= 0.3 is 0 Å². The highest BCUT2D eigenvalue weighted by Gasteiger charge is 2.60. The first-order valence-corrected chi connectivity index (χ1v) is 10.9. The fraction of sp³-hybridized carbons (Fsp3) is 0.826. The van der Waals surface area contributed by atoms with E-state index in [0.29, 0.717) is 16.7 Å². The predicted octanol–water partition coefficient (Wildman–Crippen LogP) is 5.99. The van der Waals surface area contributed by atoms with Gasteiger partial charge in [0.2, 0.25) is 0 Å². The molecule has 4 fully saturated rings. The van der Waals surface area contributed by atoms with Crippen LogP contribution in [0.5, 0.6) is 0 Å². The van der Waals surface area contributed by atoms with Gasteiger partial charge in [-0.2, -0.15) is 0 Å². The van der Waals surface area contributed by atoms with Crippen molar-refractivity contribution >= 4 is 0 Å². The summed E-state index contributed by atoms with van der Waals surface area (Å²) in [6.07, 6.45) is 18.5. The van der Waals surface area contributed by atoms with E-state index in [1.807, 2.05) is 18.5 Å². The number of rotatable bonds is 1. The van der Waals surface area contributed by atoms with E-state index in [2.05, 4.69) is 23.8 Å². The maximum atomic E-state index is 4.67. The average molecular weight is 339 g/mol. The molecule has 0 aromatic carbocycles. The van der Waals surface area contributed by atoms with Gasteiger partial charge in [-0.25, -0.2) is 9.97 Å². The highest BCUT2D eigenvalue weighted by molar-refractivity contribution is 5.15. The predicted molar refractivity (Wildman–Crippen MR) is 101 cm³/mol. The van der Waals surface area contributed by atoms with Crippen LogP contribution in [0.1, 0.15) is 89.8 Å². The maximum absolute atomic E-state index is 4.67. The van der Waals surface area contributed by atoms with Crippen molar-refractivity contribution in [2.75, 3.05) is 0 Å². The lowest BCUT2D eigenvalue weighted by molar-refractivity contribution is -0.106. The monoisotopic (exact) mass is 338 g/mol. The number of nitrogens with zero attached hydrogens (tertiary/aromatic N) is 2. The van der Waals surface area contributed by atoms with Crippen molar-refractivity contribution in [3.05, 3.63) is 24.3 Å². The fourth-order valence-corrected chi connectivity index (χ4v) is 8.21. The van der Waals surface area contributed by atoms with Gasteiger partial charge in [-0.1, -0.05) is 26.7 Å². The van der Waals surface area contributed by atoms with Crippen molar-refractivity contribution in [2.24, 2.45) is 34.5 Å². The van der Waals surface area contributed by atoms with Gasteiger partial charge in [0.25, 0.3) is 0 Å². The SMILES string of the molecule is C[C@]12CCCC[C@@H]1CC[C@@H]1[C@@H]2CC[C@]2(C)C(c3ncccn3)CC[C@@H]12. The molecular formula is C23H34N2. The molecule has 0 aliphatic heterocycles. The zero-order valence-electron chi connectivity index (χ0n) is 16.1. The smallest absolute Gasteiger partial charge is 0.131 e. The molecule has 0 amide bonds. The van der Waals surface area contributed by atoms with Crippen molar-refractivity contribution < 1.29 is 0 Å². The molecule has 2 nitrogen and oxygen atoms in total. The standard InChI is InChI=1S/C23H34N2/c1-22-12-4-3-6-16(22)7-8-17-18-9-10-20(21-24-14-5-15-25-21)23(18,2)13-11-19(17)22/h5,14-20H,3-4,6-13H2,1-2H3/t16-,17+,18+,19+,20?,22+,23+/m1/s1. The Hall–Kier alpha value is -0.920. The quantitative estimate of drug-likeness (QED) is 0.628. The Labute approximate surface area is 153 Å². The first-order chi connectivity index (χ1) is 12.1. The molecule has 25 heavy (non-hydrogen) atoms. The molecule has 4 aliphatic rings. The normalized spacial score (nSPS) is 49.1. The molecule has 1 aromatic heterocycles. The molecule has 0 saturated heterocycles. The second-order valence-electron chi connectivity index (χ2n) is 10.2. The molecule has 1 unspecified atom stereocenters. The molecule has 0 N–H and O–H groups in total. The van der Waals surface area contributed by atoms with Crippen molar-refractivity contribution in [2.45, 2.75) is 84.0 Å². The van der Waals surface area contributed by atoms with Crippen LogP contribution in [0.4, 0.5) is 0 Å². The molecule has 2 heteroatoms. The van der Waals surface area contributed by atoms with E-state index < -0.39 is 0 Å². The number of aromatic nitrogens is 2. The largest absolute Gasteiger partial charge is 0.241 e.